The molecule has 84 valence electrons. The fourth-order valence-electron chi connectivity index (χ4n) is 1.80. The summed E-state index contributed by atoms with van der Waals surface area (Å²) in [7, 11) is 0. The molecule has 0 N–H and O–H groups in total. The molecule has 0 atom stereocenters. The molecule has 1 fully saturated rings. The van der Waals surface area contributed by atoms with Gasteiger partial charge in [-0.15, -0.1) is 0 Å². The highest BCUT2D eigenvalue weighted by molar-refractivity contribution is 5.41. The highest BCUT2D eigenvalue weighted by Crippen LogP contribution is 2.18. The third-order valence-corrected chi connectivity index (χ3v) is 2.65. The molecule has 0 spiro atoms. The second-order valence-corrected chi connectivity index (χ2v) is 3.57. The van der Waals surface area contributed by atoms with Crippen LogP contribution in [0.3, 0.4) is 0 Å². The minimum Gasteiger partial charge on any atom is -0.357 e. The van der Waals surface area contributed by atoms with E-state index in [-0.39, 0.29) is 0 Å². The van der Waals surface area contributed by atoms with Crippen molar-refractivity contribution >= 4 is 5.82 Å². The van der Waals surface area contributed by atoms with Crippen LogP contribution in [0.25, 0.3) is 0 Å². The first-order valence-corrected chi connectivity index (χ1v) is 6.10. The first kappa shape index (κ1) is 12.0. The number of nitrogens with zero attached hydrogens (tertiary/aromatic N) is 2. The summed E-state index contributed by atoms with van der Waals surface area (Å²) in [5.74, 6) is 1.16. The lowest BCUT2D eigenvalue weighted by molar-refractivity contribution is 0.931. The van der Waals surface area contributed by atoms with Gasteiger partial charge >= 0.3 is 0 Å². The van der Waals surface area contributed by atoms with E-state index < -0.39 is 0 Å². The van der Waals surface area contributed by atoms with Crippen molar-refractivity contribution in [2.45, 2.75) is 40.0 Å². The molecule has 0 radical (unpaired) electrons. The summed E-state index contributed by atoms with van der Waals surface area (Å²) in [5, 5.41) is 0. The molecule has 1 aliphatic rings. The summed E-state index contributed by atoms with van der Waals surface area (Å²) in [6, 6.07) is 4.31. The largest absolute Gasteiger partial charge is 0.357 e. The van der Waals surface area contributed by atoms with Crippen molar-refractivity contribution in [2.75, 3.05) is 18.0 Å². The van der Waals surface area contributed by atoms with Crippen LogP contribution in [0.1, 0.15) is 39.2 Å². The summed E-state index contributed by atoms with van der Waals surface area (Å²) in [6.45, 7) is 8.55. The zero-order valence-corrected chi connectivity index (χ0v) is 10.2. The third kappa shape index (κ3) is 3.22. The Morgan fingerprint density at radius 3 is 2.53 bits per heavy atom. The minimum absolute atomic E-state index is 1.10. The van der Waals surface area contributed by atoms with Crippen LogP contribution in [-0.2, 0) is 6.42 Å². The summed E-state index contributed by atoms with van der Waals surface area (Å²) in [6.07, 6.45) is 5.66. The van der Waals surface area contributed by atoms with Gasteiger partial charge in [-0.3, -0.25) is 0 Å². The summed E-state index contributed by atoms with van der Waals surface area (Å²) in [4.78, 5) is 6.77. The molecule has 0 aromatic carbocycles. The lowest BCUT2D eigenvalue weighted by atomic mass is 10.2. The number of hydrogen-bond acceptors (Lipinski definition) is 2. The van der Waals surface area contributed by atoms with E-state index in [0.29, 0.717) is 0 Å². The highest BCUT2D eigenvalue weighted by Gasteiger charge is 2.12. The average molecular weight is 206 g/mol. The molecule has 0 unspecified atom stereocenters. The lowest BCUT2D eigenvalue weighted by Gasteiger charge is -2.16. The quantitative estimate of drug-likeness (QED) is 0.738. The van der Waals surface area contributed by atoms with Gasteiger partial charge in [-0.05, 0) is 37.0 Å². The van der Waals surface area contributed by atoms with Crippen molar-refractivity contribution in [3.63, 3.8) is 0 Å². The fraction of sp³-hybridized carbons (Fsp3) is 0.615. The van der Waals surface area contributed by atoms with E-state index in [1.54, 1.807) is 0 Å². The van der Waals surface area contributed by atoms with Crippen LogP contribution >= 0.6 is 0 Å². The molecule has 2 nitrogen and oxygen atoms in total. The van der Waals surface area contributed by atoms with E-state index >= 15 is 0 Å². The van der Waals surface area contributed by atoms with Gasteiger partial charge in [0.25, 0.3) is 0 Å². The van der Waals surface area contributed by atoms with Crippen LogP contribution < -0.4 is 4.90 Å². The van der Waals surface area contributed by atoms with Gasteiger partial charge in [-0.25, -0.2) is 4.98 Å². The zero-order valence-electron chi connectivity index (χ0n) is 10.2. The maximum absolute atomic E-state index is 4.40. The Morgan fingerprint density at radius 2 is 1.93 bits per heavy atom. The van der Waals surface area contributed by atoms with Gasteiger partial charge in [-0.2, -0.15) is 0 Å². The third-order valence-electron chi connectivity index (χ3n) is 2.65. The van der Waals surface area contributed by atoms with E-state index in [1.807, 2.05) is 20.0 Å². The maximum atomic E-state index is 4.40. The van der Waals surface area contributed by atoms with Crippen molar-refractivity contribution < 1.29 is 0 Å². The van der Waals surface area contributed by atoms with Gasteiger partial charge in [0, 0.05) is 19.3 Å². The molecule has 1 aromatic heterocycles. The monoisotopic (exact) mass is 206 g/mol. The molecule has 2 heterocycles. The molecule has 2 heteroatoms. The molecule has 1 saturated heterocycles. The highest BCUT2D eigenvalue weighted by atomic mass is 15.2. The molecule has 15 heavy (non-hydrogen) atoms. The Morgan fingerprint density at radius 1 is 1.27 bits per heavy atom. The standard InChI is InChI=1S/C11H16N2.C2H6/c1-2-10-5-6-12-11(9-10)13-7-3-4-8-13;1-2/h5-6,9H,2-4,7-8H2,1H3;1-2H3. The van der Waals surface area contributed by atoms with Gasteiger partial charge in [0.15, 0.2) is 0 Å². The summed E-state index contributed by atoms with van der Waals surface area (Å²) >= 11 is 0. The number of aromatic nitrogens is 1. The zero-order chi connectivity index (χ0) is 11.1. The number of pyridine rings is 1. The normalized spacial score (nSPS) is 14.7. The van der Waals surface area contributed by atoms with Crippen LogP contribution in [0.4, 0.5) is 5.82 Å². The fourth-order valence-corrected chi connectivity index (χ4v) is 1.80. The average Bonchev–Trinajstić information content (AvgIpc) is 2.85. The van der Waals surface area contributed by atoms with E-state index in [0.717, 1.165) is 12.2 Å². The van der Waals surface area contributed by atoms with E-state index in [4.69, 9.17) is 0 Å². The molecular formula is C13H22N2. The van der Waals surface area contributed by atoms with Crippen LogP contribution in [0.2, 0.25) is 0 Å². The van der Waals surface area contributed by atoms with Gasteiger partial charge in [0.2, 0.25) is 0 Å². The van der Waals surface area contributed by atoms with Crippen molar-refractivity contribution in [1.29, 1.82) is 0 Å². The number of aryl methyl sites for hydroxylation is 1. The summed E-state index contributed by atoms with van der Waals surface area (Å²) < 4.78 is 0. The smallest absolute Gasteiger partial charge is 0.128 e. The topological polar surface area (TPSA) is 16.1 Å². The van der Waals surface area contributed by atoms with Crippen LogP contribution in [0, 0.1) is 0 Å². The van der Waals surface area contributed by atoms with Crippen molar-refractivity contribution in [3.8, 4) is 0 Å². The number of hydrogen-bond donors (Lipinski definition) is 0. The van der Waals surface area contributed by atoms with Gasteiger partial charge in [0.1, 0.15) is 5.82 Å². The Bertz CT molecular complexity index is 278. The summed E-state index contributed by atoms with van der Waals surface area (Å²) in [5.41, 5.74) is 1.39. The molecule has 1 aliphatic heterocycles. The van der Waals surface area contributed by atoms with E-state index in [9.17, 15) is 0 Å². The molecule has 0 amide bonds. The maximum Gasteiger partial charge on any atom is 0.128 e. The predicted octanol–water partition coefficient (Wildman–Crippen LogP) is 3.27. The van der Waals surface area contributed by atoms with E-state index in [2.05, 4.69) is 28.9 Å². The van der Waals surface area contributed by atoms with Gasteiger partial charge < -0.3 is 4.90 Å². The number of anilines is 1. The second kappa shape index (κ2) is 6.44. The number of rotatable bonds is 2. The van der Waals surface area contributed by atoms with Crippen molar-refractivity contribution in [1.82, 2.24) is 4.98 Å². The first-order valence-electron chi connectivity index (χ1n) is 6.10. The Balaban J connectivity index is 0.000000531. The second-order valence-electron chi connectivity index (χ2n) is 3.57. The molecule has 0 bridgehead atoms. The predicted molar refractivity (Wildman–Crippen MR) is 66.4 cm³/mol. The van der Waals surface area contributed by atoms with E-state index in [1.165, 1.54) is 31.5 Å². The SMILES string of the molecule is CC.CCc1ccnc(N2CCCC2)c1. The molecule has 1 aromatic rings. The molecule has 0 saturated carbocycles. The van der Waals surface area contributed by atoms with Crippen LogP contribution in [-0.4, -0.2) is 18.1 Å². The molecule has 2 rings (SSSR count). The van der Waals surface area contributed by atoms with Crippen molar-refractivity contribution in [3.05, 3.63) is 23.9 Å². The van der Waals surface area contributed by atoms with Crippen molar-refractivity contribution in [2.24, 2.45) is 0 Å². The van der Waals surface area contributed by atoms with Gasteiger partial charge in [-0.1, -0.05) is 20.8 Å². The van der Waals surface area contributed by atoms with Crippen LogP contribution in [0.5, 0.6) is 0 Å². The molecular weight excluding hydrogens is 184 g/mol. The minimum atomic E-state index is 1.10. The Labute approximate surface area is 93.3 Å². The van der Waals surface area contributed by atoms with Gasteiger partial charge in [0.05, 0.1) is 0 Å². The Hall–Kier alpha value is -1.05. The van der Waals surface area contributed by atoms with Crippen LogP contribution in [0.15, 0.2) is 18.3 Å². The lowest BCUT2D eigenvalue weighted by Crippen LogP contribution is -2.18. The first-order chi connectivity index (χ1) is 7.40. The Kier molecular flexibility index (Phi) is 5.16. The molecule has 0 aliphatic carbocycles.